The zero-order valence-corrected chi connectivity index (χ0v) is 9.72. The van der Waals surface area contributed by atoms with Crippen LogP contribution < -0.4 is 4.74 Å². The predicted octanol–water partition coefficient (Wildman–Crippen LogP) is 1.63. The SMILES string of the molecule is C=C(C)[C@H](O)COc1ccc(CC(=O)O)cc1. The maximum Gasteiger partial charge on any atom is 0.307 e. The topological polar surface area (TPSA) is 66.8 Å². The Kier molecular flexibility index (Phi) is 4.72. The van der Waals surface area contributed by atoms with Crippen molar-refractivity contribution in [3.05, 3.63) is 42.0 Å². The molecule has 0 aliphatic carbocycles. The second kappa shape index (κ2) is 6.06. The Morgan fingerprint density at radius 3 is 2.47 bits per heavy atom. The van der Waals surface area contributed by atoms with Crippen molar-refractivity contribution in [3.63, 3.8) is 0 Å². The maximum absolute atomic E-state index is 10.5. The highest BCUT2D eigenvalue weighted by Crippen LogP contribution is 2.13. The van der Waals surface area contributed by atoms with Gasteiger partial charge in [0.2, 0.25) is 0 Å². The van der Waals surface area contributed by atoms with Gasteiger partial charge in [-0.3, -0.25) is 4.79 Å². The van der Waals surface area contributed by atoms with Crippen LogP contribution in [0.25, 0.3) is 0 Å². The molecule has 1 aromatic carbocycles. The second-order valence-corrected chi connectivity index (χ2v) is 3.89. The number of aliphatic carboxylic acids is 1. The summed E-state index contributed by atoms with van der Waals surface area (Å²) in [5.74, 6) is -0.268. The first kappa shape index (κ1) is 13.3. The molecule has 0 amide bonds. The third-order valence-electron chi connectivity index (χ3n) is 2.26. The van der Waals surface area contributed by atoms with Crippen molar-refractivity contribution in [3.8, 4) is 5.75 Å². The number of ether oxygens (including phenoxy) is 1. The Hall–Kier alpha value is -1.81. The molecule has 0 spiro atoms. The van der Waals surface area contributed by atoms with E-state index in [1.165, 1.54) is 0 Å². The lowest BCUT2D eigenvalue weighted by Crippen LogP contribution is -2.18. The summed E-state index contributed by atoms with van der Waals surface area (Å²) in [6.45, 7) is 5.49. The molecular weight excluding hydrogens is 220 g/mol. The number of benzene rings is 1. The van der Waals surface area contributed by atoms with E-state index in [0.717, 1.165) is 0 Å². The standard InChI is InChI=1S/C13H16O4/c1-9(2)12(14)8-17-11-5-3-10(4-6-11)7-13(15)16/h3-6,12,14H,1,7-8H2,2H3,(H,15,16)/t12-/m1/s1. The van der Waals surface area contributed by atoms with E-state index in [-0.39, 0.29) is 13.0 Å². The third kappa shape index (κ3) is 4.70. The van der Waals surface area contributed by atoms with Crippen LogP contribution in [0, 0.1) is 0 Å². The van der Waals surface area contributed by atoms with Gasteiger partial charge in [0.15, 0.2) is 0 Å². The number of hydrogen-bond acceptors (Lipinski definition) is 3. The average molecular weight is 236 g/mol. The van der Waals surface area contributed by atoms with E-state index in [2.05, 4.69) is 6.58 Å². The van der Waals surface area contributed by atoms with Crippen LogP contribution in [0.3, 0.4) is 0 Å². The zero-order chi connectivity index (χ0) is 12.8. The lowest BCUT2D eigenvalue weighted by atomic mass is 10.1. The first-order valence-corrected chi connectivity index (χ1v) is 5.26. The van der Waals surface area contributed by atoms with E-state index >= 15 is 0 Å². The number of carbonyl (C=O) groups is 1. The van der Waals surface area contributed by atoms with E-state index in [4.69, 9.17) is 9.84 Å². The Bertz CT molecular complexity index is 394. The largest absolute Gasteiger partial charge is 0.491 e. The molecule has 0 fully saturated rings. The summed E-state index contributed by atoms with van der Waals surface area (Å²) in [5, 5.41) is 18.1. The van der Waals surface area contributed by atoms with Crippen molar-refractivity contribution in [2.45, 2.75) is 19.4 Å². The fourth-order valence-electron chi connectivity index (χ4n) is 1.20. The summed E-state index contributed by atoms with van der Waals surface area (Å²) in [6.07, 6.45) is -0.692. The molecule has 0 unspecified atom stereocenters. The Balaban J connectivity index is 2.51. The summed E-state index contributed by atoms with van der Waals surface area (Å²) >= 11 is 0. The van der Waals surface area contributed by atoms with Gasteiger partial charge in [0.25, 0.3) is 0 Å². The molecule has 1 aromatic rings. The Labute approximate surface area is 100 Å². The van der Waals surface area contributed by atoms with Crippen LogP contribution in [0.2, 0.25) is 0 Å². The Morgan fingerprint density at radius 2 is 2.00 bits per heavy atom. The van der Waals surface area contributed by atoms with Crippen molar-refractivity contribution >= 4 is 5.97 Å². The zero-order valence-electron chi connectivity index (χ0n) is 9.72. The number of rotatable bonds is 6. The number of aliphatic hydroxyl groups excluding tert-OH is 1. The van der Waals surface area contributed by atoms with Crippen molar-refractivity contribution in [2.24, 2.45) is 0 Å². The van der Waals surface area contributed by atoms with Crippen LogP contribution in [0.4, 0.5) is 0 Å². The summed E-state index contributed by atoms with van der Waals surface area (Å²) in [4.78, 5) is 10.5. The van der Waals surface area contributed by atoms with Gasteiger partial charge in [-0.25, -0.2) is 0 Å². The van der Waals surface area contributed by atoms with Gasteiger partial charge in [-0.15, -0.1) is 0 Å². The van der Waals surface area contributed by atoms with Crippen LogP contribution in [-0.4, -0.2) is 28.9 Å². The van der Waals surface area contributed by atoms with E-state index in [9.17, 15) is 9.90 Å². The highest BCUT2D eigenvalue weighted by molar-refractivity contribution is 5.70. The minimum atomic E-state index is -0.864. The molecule has 0 aliphatic rings. The maximum atomic E-state index is 10.5. The molecule has 4 heteroatoms. The van der Waals surface area contributed by atoms with Crippen LogP contribution in [-0.2, 0) is 11.2 Å². The van der Waals surface area contributed by atoms with Gasteiger partial charge in [-0.1, -0.05) is 18.7 Å². The average Bonchev–Trinajstić information content (AvgIpc) is 2.26. The Morgan fingerprint density at radius 1 is 1.41 bits per heavy atom. The second-order valence-electron chi connectivity index (χ2n) is 3.89. The fourth-order valence-corrected chi connectivity index (χ4v) is 1.20. The molecule has 17 heavy (non-hydrogen) atoms. The molecule has 0 heterocycles. The monoisotopic (exact) mass is 236 g/mol. The van der Waals surface area contributed by atoms with Gasteiger partial charge < -0.3 is 14.9 Å². The molecule has 0 saturated heterocycles. The quantitative estimate of drug-likeness (QED) is 0.737. The van der Waals surface area contributed by atoms with Gasteiger partial charge in [0.05, 0.1) is 6.42 Å². The highest BCUT2D eigenvalue weighted by atomic mass is 16.5. The van der Waals surface area contributed by atoms with Gasteiger partial charge in [0.1, 0.15) is 18.5 Å². The molecule has 0 bridgehead atoms. The summed E-state index contributed by atoms with van der Waals surface area (Å²) in [6, 6.07) is 6.75. The van der Waals surface area contributed by atoms with Crippen LogP contribution >= 0.6 is 0 Å². The smallest absolute Gasteiger partial charge is 0.307 e. The molecule has 0 aliphatic heterocycles. The van der Waals surface area contributed by atoms with Gasteiger partial charge in [-0.05, 0) is 30.2 Å². The first-order chi connectivity index (χ1) is 7.99. The molecule has 0 radical (unpaired) electrons. The minimum absolute atomic E-state index is 0.00529. The first-order valence-electron chi connectivity index (χ1n) is 5.26. The lowest BCUT2D eigenvalue weighted by molar-refractivity contribution is -0.136. The molecular formula is C13H16O4. The van der Waals surface area contributed by atoms with E-state index < -0.39 is 12.1 Å². The summed E-state index contributed by atoms with van der Waals surface area (Å²) in [7, 11) is 0. The van der Waals surface area contributed by atoms with Crippen LogP contribution in [0.5, 0.6) is 5.75 Å². The van der Waals surface area contributed by atoms with Crippen LogP contribution in [0.15, 0.2) is 36.4 Å². The number of hydrogen-bond donors (Lipinski definition) is 2. The van der Waals surface area contributed by atoms with Crippen molar-refractivity contribution < 1.29 is 19.7 Å². The third-order valence-corrected chi connectivity index (χ3v) is 2.26. The fraction of sp³-hybridized carbons (Fsp3) is 0.308. The van der Waals surface area contributed by atoms with Gasteiger partial charge >= 0.3 is 5.97 Å². The lowest BCUT2D eigenvalue weighted by Gasteiger charge is -2.12. The van der Waals surface area contributed by atoms with E-state index in [0.29, 0.717) is 16.9 Å². The molecule has 1 atom stereocenters. The van der Waals surface area contributed by atoms with Crippen molar-refractivity contribution in [1.82, 2.24) is 0 Å². The molecule has 0 aromatic heterocycles. The van der Waals surface area contributed by atoms with Crippen molar-refractivity contribution in [1.29, 1.82) is 0 Å². The molecule has 2 N–H and O–H groups in total. The predicted molar refractivity (Wildman–Crippen MR) is 64.1 cm³/mol. The minimum Gasteiger partial charge on any atom is -0.491 e. The molecule has 0 saturated carbocycles. The van der Waals surface area contributed by atoms with Crippen molar-refractivity contribution in [2.75, 3.05) is 6.61 Å². The highest BCUT2D eigenvalue weighted by Gasteiger charge is 2.05. The normalized spacial score (nSPS) is 11.9. The summed E-state index contributed by atoms with van der Waals surface area (Å²) in [5.41, 5.74) is 1.36. The molecule has 92 valence electrons. The van der Waals surface area contributed by atoms with Gasteiger partial charge in [0, 0.05) is 0 Å². The molecule has 1 rings (SSSR count). The van der Waals surface area contributed by atoms with E-state index in [1.54, 1.807) is 31.2 Å². The van der Waals surface area contributed by atoms with E-state index in [1.807, 2.05) is 0 Å². The van der Waals surface area contributed by atoms with Crippen LogP contribution in [0.1, 0.15) is 12.5 Å². The number of carboxylic acid groups (broad SMARTS) is 1. The number of aliphatic hydroxyl groups is 1. The van der Waals surface area contributed by atoms with Gasteiger partial charge in [-0.2, -0.15) is 0 Å². The molecule has 4 nitrogen and oxygen atoms in total. The number of carboxylic acids is 1. The summed E-state index contributed by atoms with van der Waals surface area (Å²) < 4.78 is 5.33.